The van der Waals surface area contributed by atoms with E-state index >= 15 is 0 Å². The van der Waals surface area contributed by atoms with Crippen molar-refractivity contribution in [1.82, 2.24) is 4.98 Å². The Morgan fingerprint density at radius 3 is 2.65 bits per heavy atom. The maximum atomic E-state index is 11.0. The topological polar surface area (TPSA) is 88.2 Å². The summed E-state index contributed by atoms with van der Waals surface area (Å²) >= 11 is 15.3. The van der Waals surface area contributed by atoms with Gasteiger partial charge >= 0.3 is 5.97 Å². The van der Waals surface area contributed by atoms with Gasteiger partial charge < -0.3 is 16.2 Å². The van der Waals surface area contributed by atoms with E-state index < -0.39 is 5.97 Å². The number of anilines is 3. The number of nitrogens with two attached hydrogens (primary N) is 1. The molecule has 0 saturated heterocycles. The molecule has 0 spiro atoms. The van der Waals surface area contributed by atoms with Crippen LogP contribution in [0.1, 0.15) is 10.4 Å². The lowest BCUT2D eigenvalue weighted by Gasteiger charge is -2.12. The van der Waals surface area contributed by atoms with Gasteiger partial charge in [-0.15, -0.1) is 0 Å². The monoisotopic (exact) mass is 375 g/mol. The molecular weight excluding hydrogens is 369 g/mol. The Morgan fingerprint density at radius 1 is 1.30 bits per heavy atom. The lowest BCUT2D eigenvalue weighted by Crippen LogP contribution is -2.07. The van der Waals surface area contributed by atoms with Crippen LogP contribution in [0.25, 0.3) is 0 Å². The molecule has 0 aliphatic heterocycles. The van der Waals surface area contributed by atoms with Crippen molar-refractivity contribution in [1.29, 1.82) is 0 Å². The van der Waals surface area contributed by atoms with Gasteiger partial charge in [0, 0.05) is 10.7 Å². The predicted molar refractivity (Wildman–Crippen MR) is 83.1 cm³/mol. The molecule has 104 valence electrons. The third kappa shape index (κ3) is 2.82. The summed E-state index contributed by atoms with van der Waals surface area (Å²) in [6.45, 7) is 0. The zero-order chi connectivity index (χ0) is 14.9. The molecule has 4 N–H and O–H groups in total. The number of hydrogen-bond acceptors (Lipinski definition) is 4. The first-order valence-corrected chi connectivity index (χ1v) is 6.85. The molecule has 8 heteroatoms. The highest BCUT2D eigenvalue weighted by Gasteiger charge is 2.14. The fourth-order valence-electron chi connectivity index (χ4n) is 1.51. The average Bonchev–Trinajstić information content (AvgIpc) is 2.41. The van der Waals surface area contributed by atoms with E-state index in [1.807, 2.05) is 0 Å². The number of aromatic carboxylic acids is 1. The predicted octanol–water partition coefficient (Wildman–Crippen LogP) is 4.17. The fraction of sp³-hybridized carbons (Fsp3) is 0. The first-order valence-electron chi connectivity index (χ1n) is 5.30. The number of pyridine rings is 1. The Kier molecular flexibility index (Phi) is 4.37. The van der Waals surface area contributed by atoms with E-state index in [0.717, 1.165) is 0 Å². The summed E-state index contributed by atoms with van der Waals surface area (Å²) in [4.78, 5) is 15.0. The minimum atomic E-state index is -1.13. The van der Waals surface area contributed by atoms with E-state index in [9.17, 15) is 4.79 Å². The molecule has 20 heavy (non-hydrogen) atoms. The first-order chi connectivity index (χ1) is 9.41. The molecule has 5 nitrogen and oxygen atoms in total. The second kappa shape index (κ2) is 5.87. The van der Waals surface area contributed by atoms with E-state index in [2.05, 4.69) is 26.2 Å². The van der Waals surface area contributed by atoms with Gasteiger partial charge in [0.05, 0.1) is 27.0 Å². The minimum Gasteiger partial charge on any atom is -0.478 e. The molecule has 1 aromatic heterocycles. The summed E-state index contributed by atoms with van der Waals surface area (Å²) in [7, 11) is 0. The second-order valence-corrected chi connectivity index (χ2v) is 5.38. The van der Waals surface area contributed by atoms with Crippen LogP contribution in [0.15, 0.2) is 28.9 Å². The van der Waals surface area contributed by atoms with Crippen LogP contribution >= 0.6 is 39.1 Å². The van der Waals surface area contributed by atoms with Crippen LogP contribution < -0.4 is 11.1 Å². The number of hydrogen-bond donors (Lipinski definition) is 3. The normalized spacial score (nSPS) is 10.3. The van der Waals surface area contributed by atoms with Crippen molar-refractivity contribution in [2.75, 3.05) is 11.1 Å². The number of nitrogen functional groups attached to an aromatic ring is 1. The maximum absolute atomic E-state index is 11.0. The van der Waals surface area contributed by atoms with Crippen LogP contribution in [0.4, 0.5) is 17.2 Å². The summed E-state index contributed by atoms with van der Waals surface area (Å²) in [5, 5.41) is 12.5. The van der Waals surface area contributed by atoms with Crippen molar-refractivity contribution in [3.05, 3.63) is 44.5 Å². The molecule has 0 saturated carbocycles. The average molecular weight is 377 g/mol. The van der Waals surface area contributed by atoms with Crippen LogP contribution in [-0.2, 0) is 0 Å². The zero-order valence-electron chi connectivity index (χ0n) is 9.82. The minimum absolute atomic E-state index is 0.0232. The largest absolute Gasteiger partial charge is 0.478 e. The van der Waals surface area contributed by atoms with Crippen LogP contribution in [0.5, 0.6) is 0 Å². The summed E-state index contributed by atoms with van der Waals surface area (Å²) in [5.74, 6) is -0.932. The van der Waals surface area contributed by atoms with Crippen molar-refractivity contribution in [3.8, 4) is 0 Å². The molecule has 2 rings (SSSR count). The summed E-state index contributed by atoms with van der Waals surface area (Å²) in [6, 6.07) is 4.69. The van der Waals surface area contributed by atoms with Crippen LogP contribution in [0, 0.1) is 0 Å². The van der Waals surface area contributed by atoms with E-state index in [-0.39, 0.29) is 22.1 Å². The molecule has 0 aliphatic rings. The molecule has 0 fully saturated rings. The third-order valence-electron chi connectivity index (χ3n) is 2.51. The molecule has 0 unspecified atom stereocenters. The highest BCUT2D eigenvalue weighted by molar-refractivity contribution is 9.10. The van der Waals surface area contributed by atoms with Gasteiger partial charge in [0.2, 0.25) is 0 Å². The van der Waals surface area contributed by atoms with Crippen molar-refractivity contribution < 1.29 is 9.90 Å². The van der Waals surface area contributed by atoms with Crippen LogP contribution in [-0.4, -0.2) is 16.1 Å². The van der Waals surface area contributed by atoms with E-state index in [0.29, 0.717) is 15.2 Å². The Labute approximate surface area is 132 Å². The molecule has 1 heterocycles. The number of rotatable bonds is 3. The van der Waals surface area contributed by atoms with Gasteiger partial charge in [-0.25, -0.2) is 9.78 Å². The highest BCUT2D eigenvalue weighted by atomic mass is 79.9. The number of nitrogens with zero attached hydrogens (tertiary/aromatic N) is 1. The number of nitrogens with one attached hydrogen (secondary N) is 1. The lowest BCUT2D eigenvalue weighted by atomic mass is 10.2. The maximum Gasteiger partial charge on any atom is 0.337 e. The standard InChI is InChI=1S/C12H8BrCl2N3O2/c13-6-1-2-7(9(15)8(6)14)18-11-10(16)5(12(19)20)3-4-17-11/h1-4H,16H2,(H,17,18)(H,19,20). The zero-order valence-corrected chi connectivity index (χ0v) is 12.9. The summed E-state index contributed by atoms with van der Waals surface area (Å²) in [6.07, 6.45) is 1.34. The number of carboxylic acid groups (broad SMARTS) is 1. The number of carbonyl (C=O) groups is 1. The molecule has 0 atom stereocenters. The van der Waals surface area contributed by atoms with Gasteiger partial charge in [-0.1, -0.05) is 23.2 Å². The molecular formula is C12H8BrCl2N3O2. The Hall–Kier alpha value is -1.50. The smallest absolute Gasteiger partial charge is 0.337 e. The molecule has 2 aromatic rings. The number of halogens is 3. The molecule has 0 radical (unpaired) electrons. The van der Waals surface area contributed by atoms with E-state index in [1.165, 1.54) is 12.3 Å². The van der Waals surface area contributed by atoms with Crippen molar-refractivity contribution in [3.63, 3.8) is 0 Å². The number of aromatic nitrogens is 1. The number of benzene rings is 1. The second-order valence-electron chi connectivity index (χ2n) is 3.77. The van der Waals surface area contributed by atoms with Gasteiger partial charge in [0.1, 0.15) is 0 Å². The fourth-order valence-corrected chi connectivity index (χ4v) is 2.33. The Morgan fingerprint density at radius 2 is 2.00 bits per heavy atom. The molecule has 0 bridgehead atoms. The van der Waals surface area contributed by atoms with E-state index in [1.54, 1.807) is 12.1 Å². The first kappa shape index (κ1) is 14.9. The van der Waals surface area contributed by atoms with Crippen LogP contribution in [0.3, 0.4) is 0 Å². The van der Waals surface area contributed by atoms with Gasteiger partial charge in [-0.2, -0.15) is 0 Å². The lowest BCUT2D eigenvalue weighted by molar-refractivity contribution is 0.0698. The molecule has 1 aromatic carbocycles. The Balaban J connectivity index is 2.43. The molecule has 0 amide bonds. The van der Waals surface area contributed by atoms with Gasteiger partial charge in [0.15, 0.2) is 5.82 Å². The third-order valence-corrected chi connectivity index (χ3v) is 4.28. The number of carboxylic acids is 1. The van der Waals surface area contributed by atoms with Crippen molar-refractivity contribution in [2.24, 2.45) is 0 Å². The summed E-state index contributed by atoms with van der Waals surface area (Å²) < 4.78 is 0.648. The highest BCUT2D eigenvalue weighted by Crippen LogP contribution is 2.37. The quantitative estimate of drug-likeness (QED) is 0.699. The molecule has 0 aliphatic carbocycles. The SMILES string of the molecule is Nc1c(C(=O)O)ccnc1Nc1ccc(Br)c(Cl)c1Cl. The van der Waals surface area contributed by atoms with E-state index in [4.69, 9.17) is 34.0 Å². The summed E-state index contributed by atoms with van der Waals surface area (Å²) in [5.41, 5.74) is 6.22. The van der Waals surface area contributed by atoms with Crippen molar-refractivity contribution in [2.45, 2.75) is 0 Å². The van der Waals surface area contributed by atoms with Crippen molar-refractivity contribution >= 4 is 62.3 Å². The van der Waals surface area contributed by atoms with Gasteiger partial charge in [-0.3, -0.25) is 0 Å². The Bertz CT molecular complexity index is 695. The van der Waals surface area contributed by atoms with Crippen LogP contribution in [0.2, 0.25) is 10.0 Å². The van der Waals surface area contributed by atoms with Gasteiger partial charge in [0.25, 0.3) is 0 Å². The van der Waals surface area contributed by atoms with Gasteiger partial charge in [-0.05, 0) is 34.1 Å².